The number of aromatic amines is 1. The van der Waals surface area contributed by atoms with Crippen molar-refractivity contribution in [3.8, 4) is 0 Å². The first-order valence-corrected chi connectivity index (χ1v) is 9.10. The highest BCUT2D eigenvalue weighted by atomic mass is 32.2. The number of nitrogens with zero attached hydrogens (tertiary/aromatic N) is 1. The highest BCUT2D eigenvalue weighted by molar-refractivity contribution is 7.99. The molecule has 0 aliphatic heterocycles. The standard InChI is InChI=1S/C18H23N3O2S/c1-4-9-24-10-8-21-17(22)12-16(20-18(21)23)19-15-7-6-13(3)14(5-2)11-15/h4,6-7,11-12,19H,1,5,8-10H2,2-3H3,(H,20,23). The van der Waals surface area contributed by atoms with Crippen molar-refractivity contribution >= 4 is 23.3 Å². The molecule has 128 valence electrons. The van der Waals surface area contributed by atoms with E-state index in [9.17, 15) is 9.59 Å². The zero-order valence-electron chi connectivity index (χ0n) is 14.1. The summed E-state index contributed by atoms with van der Waals surface area (Å²) < 4.78 is 1.22. The fourth-order valence-electron chi connectivity index (χ4n) is 2.41. The van der Waals surface area contributed by atoms with Gasteiger partial charge in [0, 0.05) is 29.8 Å². The van der Waals surface area contributed by atoms with E-state index < -0.39 is 5.69 Å². The topological polar surface area (TPSA) is 66.9 Å². The van der Waals surface area contributed by atoms with Crippen LogP contribution < -0.4 is 16.6 Å². The van der Waals surface area contributed by atoms with Crippen molar-refractivity contribution in [2.24, 2.45) is 0 Å². The first-order valence-electron chi connectivity index (χ1n) is 7.94. The van der Waals surface area contributed by atoms with Crippen molar-refractivity contribution < 1.29 is 0 Å². The Labute approximate surface area is 145 Å². The molecule has 1 heterocycles. The third-order valence-electron chi connectivity index (χ3n) is 3.72. The number of hydrogen-bond acceptors (Lipinski definition) is 4. The molecule has 0 saturated heterocycles. The van der Waals surface area contributed by atoms with E-state index in [4.69, 9.17) is 0 Å². The van der Waals surface area contributed by atoms with Crippen molar-refractivity contribution in [3.63, 3.8) is 0 Å². The molecule has 0 fully saturated rings. The number of H-pyrrole nitrogens is 1. The smallest absolute Gasteiger partial charge is 0.329 e. The maximum absolute atomic E-state index is 12.2. The molecule has 0 amide bonds. The van der Waals surface area contributed by atoms with Gasteiger partial charge < -0.3 is 5.32 Å². The Morgan fingerprint density at radius 1 is 1.33 bits per heavy atom. The molecule has 0 aliphatic carbocycles. The summed E-state index contributed by atoms with van der Waals surface area (Å²) >= 11 is 1.63. The molecular formula is C18H23N3O2S. The Hall–Kier alpha value is -2.21. The van der Waals surface area contributed by atoms with Crippen molar-refractivity contribution in [1.29, 1.82) is 0 Å². The Balaban J connectivity index is 2.16. The summed E-state index contributed by atoms with van der Waals surface area (Å²) in [7, 11) is 0. The molecule has 2 N–H and O–H groups in total. The summed E-state index contributed by atoms with van der Waals surface area (Å²) in [6.07, 6.45) is 2.73. The predicted molar refractivity (Wildman–Crippen MR) is 103 cm³/mol. The monoisotopic (exact) mass is 345 g/mol. The van der Waals surface area contributed by atoms with E-state index in [2.05, 4.69) is 30.7 Å². The van der Waals surface area contributed by atoms with E-state index in [-0.39, 0.29) is 5.56 Å². The number of anilines is 2. The average Bonchev–Trinajstić information content (AvgIpc) is 2.55. The third kappa shape index (κ3) is 4.64. The molecule has 24 heavy (non-hydrogen) atoms. The van der Waals surface area contributed by atoms with Gasteiger partial charge in [-0.15, -0.1) is 6.58 Å². The first-order chi connectivity index (χ1) is 11.5. The second-order valence-electron chi connectivity index (χ2n) is 5.46. The normalized spacial score (nSPS) is 10.6. The van der Waals surface area contributed by atoms with Crippen LogP contribution in [0.15, 0.2) is 46.5 Å². The minimum absolute atomic E-state index is 0.303. The fraction of sp³-hybridized carbons (Fsp3) is 0.333. The van der Waals surface area contributed by atoms with Gasteiger partial charge in [0.2, 0.25) is 0 Å². The maximum Gasteiger partial charge on any atom is 0.329 e. The molecule has 1 aromatic heterocycles. The highest BCUT2D eigenvalue weighted by Crippen LogP contribution is 2.18. The van der Waals surface area contributed by atoms with Gasteiger partial charge in [-0.25, -0.2) is 4.79 Å². The molecule has 5 nitrogen and oxygen atoms in total. The minimum atomic E-state index is -0.396. The van der Waals surface area contributed by atoms with Crippen molar-refractivity contribution in [1.82, 2.24) is 9.55 Å². The van der Waals surface area contributed by atoms with Crippen LogP contribution >= 0.6 is 11.8 Å². The fourth-order valence-corrected chi connectivity index (χ4v) is 3.05. The van der Waals surface area contributed by atoms with E-state index in [0.29, 0.717) is 18.1 Å². The van der Waals surface area contributed by atoms with Crippen molar-refractivity contribution in [3.05, 3.63) is 68.9 Å². The Morgan fingerprint density at radius 3 is 2.79 bits per heavy atom. The summed E-state index contributed by atoms with van der Waals surface area (Å²) in [6, 6.07) is 7.41. The molecule has 0 unspecified atom stereocenters. The quantitative estimate of drug-likeness (QED) is 0.570. The molecule has 0 atom stereocenters. The van der Waals surface area contributed by atoms with Gasteiger partial charge in [0.15, 0.2) is 0 Å². The summed E-state index contributed by atoms with van der Waals surface area (Å²) in [5.74, 6) is 1.91. The lowest BCUT2D eigenvalue weighted by Gasteiger charge is -2.11. The van der Waals surface area contributed by atoms with Gasteiger partial charge in [-0.1, -0.05) is 19.1 Å². The number of rotatable bonds is 8. The van der Waals surface area contributed by atoms with Crippen LogP contribution in [0.3, 0.4) is 0 Å². The number of hydrogen-bond donors (Lipinski definition) is 2. The molecule has 0 spiro atoms. The number of aryl methyl sites for hydroxylation is 2. The molecule has 0 saturated carbocycles. The molecule has 2 rings (SSSR count). The van der Waals surface area contributed by atoms with Crippen molar-refractivity contribution in [2.45, 2.75) is 26.8 Å². The molecular weight excluding hydrogens is 322 g/mol. The summed E-state index contributed by atoms with van der Waals surface area (Å²) in [5.41, 5.74) is 2.61. The molecule has 1 aromatic carbocycles. The summed E-state index contributed by atoms with van der Waals surface area (Å²) in [4.78, 5) is 27.0. The van der Waals surface area contributed by atoms with Gasteiger partial charge in [0.1, 0.15) is 5.82 Å². The lowest BCUT2D eigenvalue weighted by Crippen LogP contribution is -2.35. The van der Waals surface area contributed by atoms with Crippen LogP contribution in [-0.2, 0) is 13.0 Å². The SMILES string of the molecule is C=CCSCCn1c(=O)cc(Nc2ccc(C)c(CC)c2)[nH]c1=O. The van der Waals surface area contributed by atoms with Gasteiger partial charge in [-0.3, -0.25) is 14.3 Å². The van der Waals surface area contributed by atoms with Crippen LogP contribution in [0.1, 0.15) is 18.1 Å². The van der Waals surface area contributed by atoms with E-state index >= 15 is 0 Å². The Kier molecular flexibility index (Phi) is 6.49. The number of nitrogens with one attached hydrogen (secondary N) is 2. The van der Waals surface area contributed by atoms with Crippen LogP contribution in [0, 0.1) is 6.92 Å². The lowest BCUT2D eigenvalue weighted by molar-refractivity contribution is 0.681. The Morgan fingerprint density at radius 2 is 2.12 bits per heavy atom. The van der Waals surface area contributed by atoms with Crippen LogP contribution in [0.2, 0.25) is 0 Å². The van der Waals surface area contributed by atoms with Gasteiger partial charge in [0.25, 0.3) is 5.56 Å². The molecule has 0 aliphatic rings. The molecule has 0 bridgehead atoms. The van der Waals surface area contributed by atoms with Crippen LogP contribution in [0.25, 0.3) is 0 Å². The van der Waals surface area contributed by atoms with Crippen LogP contribution in [0.5, 0.6) is 0 Å². The van der Waals surface area contributed by atoms with Crippen LogP contribution in [-0.4, -0.2) is 21.1 Å². The first kappa shape index (κ1) is 18.1. The van der Waals surface area contributed by atoms with Gasteiger partial charge >= 0.3 is 5.69 Å². The summed E-state index contributed by atoms with van der Waals surface area (Å²) in [6.45, 7) is 8.19. The van der Waals surface area contributed by atoms with Gasteiger partial charge in [-0.05, 0) is 36.6 Å². The second-order valence-corrected chi connectivity index (χ2v) is 6.61. The molecule has 0 radical (unpaired) electrons. The number of aromatic nitrogens is 2. The van der Waals surface area contributed by atoms with E-state index in [1.807, 2.05) is 18.2 Å². The predicted octanol–water partition coefficient (Wildman–Crippen LogP) is 3.07. The lowest BCUT2D eigenvalue weighted by atomic mass is 10.1. The van der Waals surface area contributed by atoms with Gasteiger partial charge in [0.05, 0.1) is 0 Å². The largest absolute Gasteiger partial charge is 0.342 e. The van der Waals surface area contributed by atoms with Crippen LogP contribution in [0.4, 0.5) is 11.5 Å². The Bertz CT molecular complexity index is 792. The third-order valence-corrected chi connectivity index (χ3v) is 4.67. The summed E-state index contributed by atoms with van der Waals surface area (Å²) in [5, 5.41) is 3.10. The zero-order chi connectivity index (χ0) is 17.5. The van der Waals surface area contributed by atoms with E-state index in [1.54, 1.807) is 17.8 Å². The highest BCUT2D eigenvalue weighted by Gasteiger charge is 2.05. The average molecular weight is 345 g/mol. The zero-order valence-corrected chi connectivity index (χ0v) is 14.9. The molecule has 2 aromatic rings. The minimum Gasteiger partial charge on any atom is -0.342 e. The van der Waals surface area contributed by atoms with E-state index in [1.165, 1.54) is 21.8 Å². The maximum atomic E-state index is 12.2. The number of benzene rings is 1. The van der Waals surface area contributed by atoms with Gasteiger partial charge in [-0.2, -0.15) is 11.8 Å². The van der Waals surface area contributed by atoms with Crippen molar-refractivity contribution in [2.75, 3.05) is 16.8 Å². The second kappa shape index (κ2) is 8.59. The number of thioether (sulfide) groups is 1. The molecule has 6 heteroatoms. The van der Waals surface area contributed by atoms with E-state index in [0.717, 1.165) is 17.9 Å².